The lowest BCUT2D eigenvalue weighted by Gasteiger charge is -2.33. The lowest BCUT2D eigenvalue weighted by atomic mass is 9.91. The summed E-state index contributed by atoms with van der Waals surface area (Å²) in [5.74, 6) is 1.30. The van der Waals surface area contributed by atoms with Crippen LogP contribution in [0.3, 0.4) is 0 Å². The fourth-order valence-electron chi connectivity index (χ4n) is 5.45. The molecule has 1 fully saturated rings. The van der Waals surface area contributed by atoms with Gasteiger partial charge in [0.2, 0.25) is 5.91 Å². The van der Waals surface area contributed by atoms with Crippen LogP contribution in [-0.2, 0) is 28.9 Å². The van der Waals surface area contributed by atoms with E-state index in [4.69, 9.17) is 15.1 Å². The van der Waals surface area contributed by atoms with Crippen molar-refractivity contribution in [3.8, 4) is 6.07 Å². The number of rotatable bonds is 3. The zero-order valence-electron chi connectivity index (χ0n) is 19.4. The van der Waals surface area contributed by atoms with Crippen LogP contribution in [0.1, 0.15) is 47.7 Å². The number of nitriles is 1. The monoisotopic (exact) mass is 456 g/mol. The summed E-state index contributed by atoms with van der Waals surface area (Å²) in [4.78, 5) is 20.8. The van der Waals surface area contributed by atoms with E-state index < -0.39 is 0 Å². The molecule has 8 nitrogen and oxygen atoms in total. The number of aliphatic imine (C=N–C) groups is 1. The molecule has 5 heterocycles. The number of hydrogen-bond acceptors (Lipinski definition) is 6. The van der Waals surface area contributed by atoms with Crippen LogP contribution in [0, 0.1) is 11.3 Å². The van der Waals surface area contributed by atoms with Gasteiger partial charge in [-0.3, -0.25) is 14.5 Å². The fraction of sp³-hybridized carbons (Fsp3) is 0.462. The number of benzene rings is 1. The van der Waals surface area contributed by atoms with Crippen LogP contribution in [0.15, 0.2) is 35.3 Å². The third kappa shape index (κ3) is 3.51. The maximum Gasteiger partial charge on any atom is 0.219 e. The quantitative estimate of drug-likeness (QED) is 0.709. The summed E-state index contributed by atoms with van der Waals surface area (Å²) in [6, 6.07) is 9.10. The Morgan fingerprint density at radius 1 is 1.24 bits per heavy atom. The Labute approximate surface area is 199 Å². The normalized spacial score (nSPS) is 21.9. The third-order valence-electron chi connectivity index (χ3n) is 7.44. The van der Waals surface area contributed by atoms with Crippen LogP contribution < -0.4 is 4.90 Å². The lowest BCUT2D eigenvalue weighted by Crippen LogP contribution is -2.37. The largest absolute Gasteiger partial charge is 0.377 e. The molecule has 0 bridgehead atoms. The molecule has 4 aliphatic heterocycles. The summed E-state index contributed by atoms with van der Waals surface area (Å²) in [5, 5.41) is 14.2. The number of amides is 1. The highest BCUT2D eigenvalue weighted by Crippen LogP contribution is 2.40. The molecular weight excluding hydrogens is 428 g/mol. The molecule has 6 rings (SSSR count). The van der Waals surface area contributed by atoms with E-state index >= 15 is 0 Å². The number of hydrogen-bond donors (Lipinski definition) is 0. The predicted molar refractivity (Wildman–Crippen MR) is 128 cm³/mol. The van der Waals surface area contributed by atoms with Gasteiger partial charge in [0, 0.05) is 49.3 Å². The average Bonchev–Trinajstić information content (AvgIpc) is 3.20. The van der Waals surface area contributed by atoms with Gasteiger partial charge in [0.1, 0.15) is 11.8 Å². The summed E-state index contributed by atoms with van der Waals surface area (Å²) in [6.45, 7) is 5.94. The van der Waals surface area contributed by atoms with Crippen molar-refractivity contribution in [2.75, 3.05) is 37.7 Å². The van der Waals surface area contributed by atoms with Crippen molar-refractivity contribution in [3.05, 3.63) is 52.7 Å². The Morgan fingerprint density at radius 3 is 2.82 bits per heavy atom. The molecule has 1 aromatic heterocycles. The first kappa shape index (κ1) is 21.1. The number of anilines is 2. The van der Waals surface area contributed by atoms with E-state index in [9.17, 15) is 4.79 Å². The Balaban J connectivity index is 1.35. The van der Waals surface area contributed by atoms with E-state index in [1.165, 1.54) is 28.1 Å². The van der Waals surface area contributed by atoms with Crippen molar-refractivity contribution in [3.63, 3.8) is 0 Å². The molecule has 4 aliphatic rings. The van der Waals surface area contributed by atoms with Gasteiger partial charge in [-0.15, -0.1) is 0 Å². The first-order chi connectivity index (χ1) is 16.6. The molecule has 8 heteroatoms. The smallest absolute Gasteiger partial charge is 0.219 e. The number of ether oxygens (including phenoxy) is 1. The number of aromatic nitrogens is 2. The number of nitrogens with zero attached hydrogens (tertiary/aromatic N) is 6. The number of aryl methyl sites for hydroxylation is 1. The minimum Gasteiger partial charge on any atom is -0.377 e. The molecule has 174 valence electrons. The van der Waals surface area contributed by atoms with Crippen LogP contribution in [0.2, 0.25) is 0 Å². The Bertz CT molecular complexity index is 1250. The Hall–Kier alpha value is -3.44. The highest BCUT2D eigenvalue weighted by Gasteiger charge is 2.34. The van der Waals surface area contributed by atoms with Crippen molar-refractivity contribution in [1.82, 2.24) is 14.7 Å². The Morgan fingerprint density at radius 2 is 2.12 bits per heavy atom. The molecule has 2 aromatic rings. The topological polar surface area (TPSA) is 86.8 Å². The molecule has 0 radical (unpaired) electrons. The third-order valence-corrected chi connectivity index (χ3v) is 7.44. The van der Waals surface area contributed by atoms with Gasteiger partial charge in [-0.1, -0.05) is 18.2 Å². The summed E-state index contributed by atoms with van der Waals surface area (Å²) in [7, 11) is 0. The maximum atomic E-state index is 12.2. The molecule has 1 aromatic carbocycles. The second-order valence-corrected chi connectivity index (χ2v) is 9.52. The van der Waals surface area contributed by atoms with Crippen molar-refractivity contribution >= 4 is 23.1 Å². The molecule has 1 atom stereocenters. The summed E-state index contributed by atoms with van der Waals surface area (Å²) >= 11 is 0. The average molecular weight is 457 g/mol. The van der Waals surface area contributed by atoms with Crippen LogP contribution in [0.25, 0.3) is 0 Å². The van der Waals surface area contributed by atoms with Gasteiger partial charge < -0.3 is 14.5 Å². The SMILES string of the molecule is CC(=O)N1CCc2c(c(N3CCCc4cc(C5C=CC(C#N)=NC5)ccc43)nn2C2COC2)C1. The fourth-order valence-corrected chi connectivity index (χ4v) is 5.45. The van der Waals surface area contributed by atoms with Crippen LogP contribution in [0.4, 0.5) is 11.5 Å². The highest BCUT2D eigenvalue weighted by atomic mass is 16.5. The standard InChI is InChI=1S/C26H28N6O2/c1-17(33)30-10-8-25-23(14-30)26(29-32(25)22-15-34-16-22)31-9-2-3-19-11-18(5-7-24(19)31)20-4-6-21(12-27)28-13-20/h4-7,11,20,22H,2-3,8-10,13-16H2,1H3. The van der Waals surface area contributed by atoms with E-state index in [0.29, 0.717) is 32.0 Å². The molecule has 0 spiro atoms. The predicted octanol–water partition coefficient (Wildman–Crippen LogP) is 3.06. The second kappa shape index (κ2) is 8.41. The van der Waals surface area contributed by atoms with Gasteiger partial charge in [0.25, 0.3) is 0 Å². The molecule has 0 N–H and O–H groups in total. The number of dihydropyridines is 1. The van der Waals surface area contributed by atoms with Crippen LogP contribution in [0.5, 0.6) is 0 Å². The van der Waals surface area contributed by atoms with Gasteiger partial charge in [0.05, 0.1) is 32.3 Å². The zero-order chi connectivity index (χ0) is 23.2. The van der Waals surface area contributed by atoms with Crippen LogP contribution >= 0.6 is 0 Å². The molecule has 34 heavy (non-hydrogen) atoms. The minimum atomic E-state index is 0.114. The Kier molecular flexibility index (Phi) is 5.22. The first-order valence-corrected chi connectivity index (χ1v) is 12.1. The van der Waals surface area contributed by atoms with E-state index in [0.717, 1.165) is 38.2 Å². The maximum absolute atomic E-state index is 12.2. The van der Waals surface area contributed by atoms with Gasteiger partial charge >= 0.3 is 0 Å². The van der Waals surface area contributed by atoms with E-state index in [1.807, 2.05) is 11.0 Å². The van der Waals surface area contributed by atoms with E-state index in [2.05, 4.69) is 44.9 Å². The molecule has 0 aliphatic carbocycles. The number of carbonyl (C=O) groups is 1. The van der Waals surface area contributed by atoms with E-state index in [1.54, 1.807) is 6.92 Å². The second-order valence-electron chi connectivity index (χ2n) is 9.52. The zero-order valence-corrected chi connectivity index (χ0v) is 19.4. The number of carbonyl (C=O) groups excluding carboxylic acids is 1. The summed E-state index contributed by atoms with van der Waals surface area (Å²) < 4.78 is 7.64. The summed E-state index contributed by atoms with van der Waals surface area (Å²) in [5.41, 5.74) is 6.69. The van der Waals surface area contributed by atoms with Crippen molar-refractivity contribution in [2.45, 2.75) is 44.7 Å². The van der Waals surface area contributed by atoms with Gasteiger partial charge in [-0.25, -0.2) is 0 Å². The molecular formula is C26H28N6O2. The molecule has 1 unspecified atom stereocenters. The van der Waals surface area contributed by atoms with Crippen molar-refractivity contribution < 1.29 is 9.53 Å². The van der Waals surface area contributed by atoms with Crippen molar-refractivity contribution in [2.24, 2.45) is 4.99 Å². The lowest BCUT2D eigenvalue weighted by molar-refractivity contribution is -0.129. The molecule has 1 amide bonds. The molecule has 1 saturated heterocycles. The minimum absolute atomic E-state index is 0.114. The van der Waals surface area contributed by atoms with Gasteiger partial charge in [-0.05, 0) is 36.1 Å². The van der Waals surface area contributed by atoms with Crippen LogP contribution in [-0.4, -0.2) is 59.1 Å². The van der Waals surface area contributed by atoms with Crippen molar-refractivity contribution in [1.29, 1.82) is 5.26 Å². The summed E-state index contributed by atoms with van der Waals surface area (Å²) in [6.07, 6.45) is 6.82. The number of fused-ring (bicyclic) bond motifs is 2. The van der Waals surface area contributed by atoms with Gasteiger partial charge in [-0.2, -0.15) is 10.4 Å². The first-order valence-electron chi connectivity index (χ1n) is 12.1. The molecule has 0 saturated carbocycles. The van der Waals surface area contributed by atoms with E-state index in [-0.39, 0.29) is 17.9 Å². The highest BCUT2D eigenvalue weighted by molar-refractivity contribution is 6.07. The van der Waals surface area contributed by atoms with Gasteiger partial charge in [0.15, 0.2) is 5.82 Å². The number of allylic oxidation sites excluding steroid dienone is 1.